The molecule has 1 spiro atoms. The largest absolute Gasteiger partial charge is 0.460 e. The number of hydrogen-bond acceptors (Lipinski definition) is 1. The average Bonchev–Trinajstić information content (AvgIpc) is 3.59. The van der Waals surface area contributed by atoms with E-state index in [1.165, 1.54) is 95.2 Å². The van der Waals surface area contributed by atoms with E-state index in [-0.39, 0.29) is 10.8 Å². The van der Waals surface area contributed by atoms with Crippen LogP contribution in [0, 0.1) is 17.3 Å². The van der Waals surface area contributed by atoms with Crippen LogP contribution in [-0.4, -0.2) is 4.57 Å². The summed E-state index contributed by atoms with van der Waals surface area (Å²) < 4.78 is 9.00. The second-order valence-electron chi connectivity index (χ2n) is 17.1. The number of aromatic nitrogens is 1. The van der Waals surface area contributed by atoms with Gasteiger partial charge < -0.3 is 8.98 Å². The van der Waals surface area contributed by atoms with Crippen LogP contribution in [0.1, 0.15) is 61.1 Å². The number of para-hydroxylation sites is 2. The molecule has 1 fully saturated rings. The minimum atomic E-state index is -0.0789. The number of fused-ring (bicyclic) bond motifs is 13. The predicted molar refractivity (Wildman–Crippen MR) is 223 cm³/mol. The Labute approximate surface area is 315 Å². The molecule has 2 heterocycles. The van der Waals surface area contributed by atoms with Crippen molar-refractivity contribution in [2.24, 2.45) is 17.3 Å². The Morgan fingerprint density at radius 2 is 1.46 bits per heavy atom. The maximum atomic E-state index is 6.46. The smallest absolute Gasteiger partial charge is 0.134 e. The molecule has 0 bridgehead atoms. The quantitative estimate of drug-likeness (QED) is 0.176. The highest BCUT2D eigenvalue weighted by molar-refractivity contribution is 6.12. The number of hydrogen-bond donors (Lipinski definition) is 0. The Morgan fingerprint density at radius 3 is 2.37 bits per heavy atom. The Bertz CT molecular complexity index is 3040. The van der Waals surface area contributed by atoms with E-state index >= 15 is 0 Å². The van der Waals surface area contributed by atoms with E-state index in [1.54, 1.807) is 11.1 Å². The molecule has 1 saturated carbocycles. The van der Waals surface area contributed by atoms with Crippen molar-refractivity contribution < 1.29 is 4.42 Å². The molecule has 54 heavy (non-hydrogen) atoms. The van der Waals surface area contributed by atoms with E-state index in [2.05, 4.69) is 158 Å². The lowest BCUT2D eigenvalue weighted by molar-refractivity contribution is 0.536. The van der Waals surface area contributed by atoms with Gasteiger partial charge in [-0.15, -0.1) is 0 Å². The molecule has 5 aromatic carbocycles. The van der Waals surface area contributed by atoms with Gasteiger partial charge in [0.05, 0.1) is 11.0 Å². The number of rotatable bonds is 2. The Kier molecular flexibility index (Phi) is 5.48. The van der Waals surface area contributed by atoms with E-state index in [1.807, 2.05) is 0 Å². The molecule has 3 unspecified atom stereocenters. The third kappa shape index (κ3) is 3.58. The van der Waals surface area contributed by atoms with E-state index < -0.39 is 0 Å². The van der Waals surface area contributed by atoms with Crippen LogP contribution in [0.25, 0.3) is 66.3 Å². The Hall–Kier alpha value is -5.86. The minimum absolute atomic E-state index is 0.0789. The fraction of sp³-hybridized carbons (Fsp3) is 0.192. The van der Waals surface area contributed by atoms with Crippen molar-refractivity contribution in [1.82, 2.24) is 4.57 Å². The van der Waals surface area contributed by atoms with Crippen LogP contribution >= 0.6 is 0 Å². The first-order valence-electron chi connectivity index (χ1n) is 19.8. The molecule has 13 rings (SSSR count). The van der Waals surface area contributed by atoms with Crippen LogP contribution in [0.3, 0.4) is 0 Å². The number of nitrogens with zero attached hydrogens (tertiary/aromatic N) is 1. The van der Waals surface area contributed by atoms with Gasteiger partial charge in [-0.05, 0) is 106 Å². The fourth-order valence-electron chi connectivity index (χ4n) is 11.9. The highest BCUT2D eigenvalue weighted by Crippen LogP contribution is 2.69. The summed E-state index contributed by atoms with van der Waals surface area (Å²) in [6.07, 6.45) is 14.5. The highest BCUT2D eigenvalue weighted by Gasteiger charge is 2.60. The number of furan rings is 1. The third-order valence-electron chi connectivity index (χ3n) is 14.2. The lowest BCUT2D eigenvalue weighted by Crippen LogP contribution is -2.20. The zero-order valence-corrected chi connectivity index (χ0v) is 30.6. The molecule has 7 aromatic rings. The van der Waals surface area contributed by atoms with Gasteiger partial charge in [0.25, 0.3) is 0 Å². The van der Waals surface area contributed by atoms with Gasteiger partial charge in [-0.3, -0.25) is 0 Å². The van der Waals surface area contributed by atoms with Crippen molar-refractivity contribution in [2.75, 3.05) is 0 Å². The molecule has 0 aliphatic heterocycles. The van der Waals surface area contributed by atoms with Gasteiger partial charge >= 0.3 is 0 Å². The molecule has 2 aromatic heterocycles. The monoisotopic (exact) mass is 693 g/mol. The predicted octanol–water partition coefficient (Wildman–Crippen LogP) is 13.2. The summed E-state index contributed by atoms with van der Waals surface area (Å²) in [7, 11) is 0. The van der Waals surface area contributed by atoms with Crippen molar-refractivity contribution in [3.63, 3.8) is 0 Å². The van der Waals surface area contributed by atoms with Gasteiger partial charge in [0.15, 0.2) is 0 Å². The summed E-state index contributed by atoms with van der Waals surface area (Å²) in [6.45, 7) is 4.91. The van der Waals surface area contributed by atoms with Crippen LogP contribution in [0.4, 0.5) is 0 Å². The van der Waals surface area contributed by atoms with Crippen molar-refractivity contribution in [3.05, 3.63) is 179 Å². The van der Waals surface area contributed by atoms with E-state index in [0.29, 0.717) is 11.8 Å². The maximum absolute atomic E-state index is 6.46. The zero-order valence-electron chi connectivity index (χ0n) is 30.6. The summed E-state index contributed by atoms with van der Waals surface area (Å²) in [5.74, 6) is 2.15. The number of allylic oxidation sites excluding steroid dienone is 10. The van der Waals surface area contributed by atoms with Crippen LogP contribution in [0.2, 0.25) is 0 Å². The fourth-order valence-corrected chi connectivity index (χ4v) is 11.9. The van der Waals surface area contributed by atoms with Gasteiger partial charge in [0.2, 0.25) is 0 Å². The molecule has 258 valence electrons. The molecule has 0 N–H and O–H groups in total. The molecule has 3 atom stereocenters. The third-order valence-corrected chi connectivity index (χ3v) is 14.2. The molecule has 0 radical (unpaired) electrons. The Morgan fingerprint density at radius 1 is 0.704 bits per heavy atom. The summed E-state index contributed by atoms with van der Waals surface area (Å²) in [4.78, 5) is 0. The van der Waals surface area contributed by atoms with Crippen molar-refractivity contribution >= 4 is 55.2 Å². The molecule has 0 amide bonds. The molecule has 6 aliphatic carbocycles. The number of benzene rings is 5. The topological polar surface area (TPSA) is 18.1 Å². The van der Waals surface area contributed by atoms with Gasteiger partial charge in [-0.1, -0.05) is 128 Å². The zero-order chi connectivity index (χ0) is 35.5. The maximum Gasteiger partial charge on any atom is 0.134 e. The van der Waals surface area contributed by atoms with E-state index in [0.717, 1.165) is 24.8 Å². The van der Waals surface area contributed by atoms with Crippen LogP contribution in [0.5, 0.6) is 0 Å². The summed E-state index contributed by atoms with van der Waals surface area (Å²) in [6, 6.07) is 43.1. The normalized spacial score (nSPS) is 24.0. The lowest BCUT2D eigenvalue weighted by atomic mass is 9.69. The molecular weight excluding hydrogens is 655 g/mol. The molecule has 2 heteroatoms. The molecular formula is C52H39NO. The standard InChI is InChI=1S/C52H39NO/c1-51(2)43-28-33(20-21-37(43)39-22-24-48-49(50(39)51)40-15-7-10-18-47(40)54-48)53-45-17-9-6-14-38(45)41-26-30(19-23-46(41)53)31-25-32-29-52(32)42-16-8-5-12-35(42)34-11-3-4-13-36(34)44(52)27-31/h3-20,23,25-28,32,37H,21-22,24,29H2,1-2H3. The SMILES string of the molecule is CC1(C)C2=CC(n3c4ccccc4c4cc(C5=CC6CC67C(=C5)c5ccccc5-c5ccccc57)ccc43)=CCC2C2=C1c1c(oc3ccccc13)CC2. The van der Waals surface area contributed by atoms with Gasteiger partial charge in [-0.25, -0.2) is 0 Å². The van der Waals surface area contributed by atoms with Crippen LogP contribution < -0.4 is 0 Å². The first-order chi connectivity index (χ1) is 26.5. The summed E-state index contributed by atoms with van der Waals surface area (Å²) in [5, 5.41) is 3.91. The van der Waals surface area contributed by atoms with Crippen molar-refractivity contribution in [3.8, 4) is 11.1 Å². The first kappa shape index (κ1) is 29.6. The summed E-state index contributed by atoms with van der Waals surface area (Å²) in [5.41, 5.74) is 20.8. The van der Waals surface area contributed by atoms with Gasteiger partial charge in [0.1, 0.15) is 11.3 Å². The highest BCUT2D eigenvalue weighted by atomic mass is 16.3. The minimum Gasteiger partial charge on any atom is -0.460 e. The van der Waals surface area contributed by atoms with E-state index in [4.69, 9.17) is 4.42 Å². The van der Waals surface area contributed by atoms with Gasteiger partial charge in [-0.2, -0.15) is 0 Å². The van der Waals surface area contributed by atoms with Crippen molar-refractivity contribution in [1.29, 1.82) is 0 Å². The Balaban J connectivity index is 0.928. The van der Waals surface area contributed by atoms with Gasteiger partial charge in [0, 0.05) is 50.6 Å². The van der Waals surface area contributed by atoms with Crippen molar-refractivity contribution in [2.45, 2.75) is 44.9 Å². The second-order valence-corrected chi connectivity index (χ2v) is 17.1. The summed E-state index contributed by atoms with van der Waals surface area (Å²) >= 11 is 0. The number of aryl methyl sites for hydroxylation is 1. The van der Waals surface area contributed by atoms with Crippen LogP contribution in [-0.2, 0) is 11.8 Å². The van der Waals surface area contributed by atoms with Crippen LogP contribution in [0.15, 0.2) is 155 Å². The first-order valence-corrected chi connectivity index (χ1v) is 19.8. The molecule has 2 nitrogen and oxygen atoms in total. The lowest BCUT2D eigenvalue weighted by Gasteiger charge is -2.34. The van der Waals surface area contributed by atoms with E-state index in [9.17, 15) is 0 Å². The second kappa shape index (κ2) is 10.0. The molecule has 6 aliphatic rings. The molecule has 0 saturated heterocycles. The average molecular weight is 694 g/mol.